The molecule has 1 aliphatic rings. The van der Waals surface area contributed by atoms with Gasteiger partial charge >= 0.3 is 5.97 Å². The summed E-state index contributed by atoms with van der Waals surface area (Å²) in [5.74, 6) is -0.339. The number of benzene rings is 1. The number of aromatic nitrogens is 1. The van der Waals surface area contributed by atoms with E-state index in [0.717, 1.165) is 61.4 Å². The summed E-state index contributed by atoms with van der Waals surface area (Å²) in [5.41, 5.74) is 4.25. The highest BCUT2D eigenvalue weighted by Crippen LogP contribution is 2.25. The smallest absolute Gasteiger partial charge is 0.335 e. The molecular weight excluding hydrogens is 340 g/mol. The Hall–Kier alpha value is -2.56. The minimum Gasteiger partial charge on any atom is -0.478 e. The van der Waals surface area contributed by atoms with Crippen LogP contribution in [0.2, 0.25) is 0 Å². The van der Waals surface area contributed by atoms with Crippen LogP contribution in [0.4, 0.5) is 0 Å². The molecule has 1 fully saturated rings. The first-order chi connectivity index (χ1) is 12.9. The topological polar surface area (TPSA) is 62.5 Å². The molecule has 0 radical (unpaired) electrons. The zero-order chi connectivity index (χ0) is 19.6. The monoisotopic (exact) mass is 368 g/mol. The van der Waals surface area contributed by atoms with Crippen LogP contribution in [0.3, 0.4) is 0 Å². The summed E-state index contributed by atoms with van der Waals surface area (Å²) < 4.78 is 2.17. The van der Waals surface area contributed by atoms with Crippen molar-refractivity contribution in [3.63, 3.8) is 0 Å². The van der Waals surface area contributed by atoms with Crippen molar-refractivity contribution in [2.75, 3.05) is 13.1 Å². The fourth-order valence-corrected chi connectivity index (χ4v) is 4.23. The van der Waals surface area contributed by atoms with E-state index in [0.29, 0.717) is 11.5 Å². The average molecular weight is 368 g/mol. The van der Waals surface area contributed by atoms with E-state index in [1.807, 2.05) is 36.9 Å². The summed E-state index contributed by atoms with van der Waals surface area (Å²) in [7, 11) is 0. The number of piperidine rings is 1. The molecule has 0 atom stereocenters. The predicted molar refractivity (Wildman–Crippen MR) is 105 cm³/mol. The van der Waals surface area contributed by atoms with Crippen LogP contribution < -0.4 is 0 Å². The molecule has 27 heavy (non-hydrogen) atoms. The normalized spacial score (nSPS) is 15.1. The second-order valence-electron chi connectivity index (χ2n) is 7.43. The van der Waals surface area contributed by atoms with Crippen molar-refractivity contribution >= 4 is 11.9 Å². The van der Waals surface area contributed by atoms with Gasteiger partial charge in [-0.25, -0.2) is 4.79 Å². The Morgan fingerprint density at radius 1 is 1.11 bits per heavy atom. The van der Waals surface area contributed by atoms with Gasteiger partial charge in [-0.1, -0.05) is 18.2 Å². The highest BCUT2D eigenvalue weighted by atomic mass is 16.4. The summed E-state index contributed by atoms with van der Waals surface area (Å²) in [6.07, 6.45) is 2.58. The van der Waals surface area contributed by atoms with E-state index < -0.39 is 5.97 Å². The maximum atomic E-state index is 12.9. The molecule has 3 rings (SSSR count). The molecule has 0 unspecified atom stereocenters. The van der Waals surface area contributed by atoms with Crippen LogP contribution in [0.15, 0.2) is 30.3 Å². The number of rotatable bonds is 5. The molecule has 0 bridgehead atoms. The van der Waals surface area contributed by atoms with Crippen LogP contribution in [-0.2, 0) is 13.0 Å². The van der Waals surface area contributed by atoms with Gasteiger partial charge in [0.15, 0.2) is 0 Å². The lowest BCUT2D eigenvalue weighted by Gasteiger charge is -2.32. The van der Waals surface area contributed by atoms with Crippen LogP contribution in [0.1, 0.15) is 57.4 Å². The summed E-state index contributed by atoms with van der Waals surface area (Å²) in [6, 6.07) is 9.22. The Morgan fingerprint density at radius 2 is 1.78 bits per heavy atom. The van der Waals surface area contributed by atoms with Gasteiger partial charge in [-0.05, 0) is 63.6 Å². The first-order valence-corrected chi connectivity index (χ1v) is 9.69. The van der Waals surface area contributed by atoms with Crippen LogP contribution >= 0.6 is 0 Å². The molecule has 1 saturated heterocycles. The maximum Gasteiger partial charge on any atom is 0.335 e. The largest absolute Gasteiger partial charge is 0.478 e. The minimum atomic E-state index is -0.871. The SMILES string of the molecule is CCn1c(C)cc(C(=O)N2CCC(Cc3ccccc3C(=O)O)CC2)c1C. The number of hydrogen-bond donors (Lipinski definition) is 1. The number of hydrogen-bond acceptors (Lipinski definition) is 2. The third-order valence-corrected chi connectivity index (χ3v) is 5.78. The number of carboxylic acid groups (broad SMARTS) is 1. The van der Waals surface area contributed by atoms with Gasteiger partial charge in [0.05, 0.1) is 11.1 Å². The molecule has 1 aromatic heterocycles. The molecule has 1 aromatic carbocycles. The van der Waals surface area contributed by atoms with Gasteiger partial charge in [-0.3, -0.25) is 4.79 Å². The van der Waals surface area contributed by atoms with E-state index >= 15 is 0 Å². The molecule has 0 saturated carbocycles. The second-order valence-corrected chi connectivity index (χ2v) is 7.43. The fraction of sp³-hybridized carbons (Fsp3) is 0.455. The van der Waals surface area contributed by atoms with Crippen molar-refractivity contribution < 1.29 is 14.7 Å². The number of likely N-dealkylation sites (tertiary alicyclic amines) is 1. The Labute approximate surface area is 160 Å². The van der Waals surface area contributed by atoms with E-state index in [9.17, 15) is 14.7 Å². The fourth-order valence-electron chi connectivity index (χ4n) is 4.23. The molecule has 0 aliphatic carbocycles. The molecule has 0 spiro atoms. The quantitative estimate of drug-likeness (QED) is 0.870. The molecule has 5 heteroatoms. The van der Waals surface area contributed by atoms with Gasteiger partial charge in [-0.15, -0.1) is 0 Å². The third kappa shape index (κ3) is 3.92. The molecular formula is C22H28N2O3. The van der Waals surface area contributed by atoms with Gasteiger partial charge < -0.3 is 14.6 Å². The van der Waals surface area contributed by atoms with Crippen molar-refractivity contribution in [3.05, 3.63) is 58.4 Å². The van der Waals surface area contributed by atoms with Gasteiger partial charge in [0.1, 0.15) is 0 Å². The second kappa shape index (κ2) is 7.99. The van der Waals surface area contributed by atoms with E-state index in [1.54, 1.807) is 12.1 Å². The summed E-state index contributed by atoms with van der Waals surface area (Å²) in [5, 5.41) is 9.35. The van der Waals surface area contributed by atoms with Gasteiger partial charge in [-0.2, -0.15) is 0 Å². The Balaban J connectivity index is 1.64. The highest BCUT2D eigenvalue weighted by molar-refractivity contribution is 5.95. The number of nitrogens with zero attached hydrogens (tertiary/aromatic N) is 2. The highest BCUT2D eigenvalue weighted by Gasteiger charge is 2.26. The predicted octanol–water partition coefficient (Wildman–Crippen LogP) is 3.92. The number of aryl methyl sites for hydroxylation is 1. The third-order valence-electron chi connectivity index (χ3n) is 5.78. The minimum absolute atomic E-state index is 0.118. The molecule has 2 heterocycles. The maximum absolute atomic E-state index is 12.9. The lowest BCUT2D eigenvalue weighted by molar-refractivity contribution is 0.0689. The number of carboxylic acids is 1. The van der Waals surface area contributed by atoms with Crippen molar-refractivity contribution in [1.29, 1.82) is 0 Å². The molecule has 2 aromatic rings. The first kappa shape index (κ1) is 19.2. The Bertz CT molecular complexity index is 845. The van der Waals surface area contributed by atoms with E-state index in [4.69, 9.17) is 0 Å². The van der Waals surface area contributed by atoms with E-state index in [-0.39, 0.29) is 5.91 Å². The standard InChI is InChI=1S/C22H28N2O3/c1-4-24-15(2)13-20(16(24)3)21(25)23-11-9-17(10-12-23)14-18-7-5-6-8-19(18)22(26)27/h5-8,13,17H,4,9-12,14H2,1-3H3,(H,26,27). The lowest BCUT2D eigenvalue weighted by Crippen LogP contribution is -2.39. The van der Waals surface area contributed by atoms with E-state index in [1.165, 1.54) is 0 Å². The van der Waals surface area contributed by atoms with Gasteiger partial charge in [0.25, 0.3) is 5.91 Å². The van der Waals surface area contributed by atoms with Crippen LogP contribution in [0, 0.1) is 19.8 Å². The van der Waals surface area contributed by atoms with Crippen LogP contribution in [0.5, 0.6) is 0 Å². The first-order valence-electron chi connectivity index (χ1n) is 9.69. The lowest BCUT2D eigenvalue weighted by atomic mass is 9.88. The number of carbonyl (C=O) groups excluding carboxylic acids is 1. The summed E-state index contributed by atoms with van der Waals surface area (Å²) in [6.45, 7) is 8.48. The zero-order valence-electron chi connectivity index (χ0n) is 16.4. The molecule has 1 aliphatic heterocycles. The number of aromatic carboxylic acids is 1. The molecule has 144 valence electrons. The van der Waals surface area contributed by atoms with Gasteiger partial charge in [0.2, 0.25) is 0 Å². The van der Waals surface area contributed by atoms with Crippen LogP contribution in [0.25, 0.3) is 0 Å². The van der Waals surface area contributed by atoms with Gasteiger partial charge in [0, 0.05) is 31.0 Å². The molecule has 1 amide bonds. The molecule has 1 N–H and O–H groups in total. The van der Waals surface area contributed by atoms with Crippen molar-refractivity contribution in [3.8, 4) is 0 Å². The molecule has 5 nitrogen and oxygen atoms in total. The summed E-state index contributed by atoms with van der Waals surface area (Å²) >= 11 is 0. The summed E-state index contributed by atoms with van der Waals surface area (Å²) in [4.78, 5) is 26.3. The Kier molecular flexibility index (Phi) is 5.68. The van der Waals surface area contributed by atoms with Crippen molar-refractivity contribution in [1.82, 2.24) is 9.47 Å². The van der Waals surface area contributed by atoms with E-state index in [2.05, 4.69) is 11.5 Å². The number of amides is 1. The van der Waals surface area contributed by atoms with Crippen molar-refractivity contribution in [2.24, 2.45) is 5.92 Å². The van der Waals surface area contributed by atoms with Crippen LogP contribution in [-0.4, -0.2) is 39.5 Å². The zero-order valence-corrected chi connectivity index (χ0v) is 16.4. The Morgan fingerprint density at radius 3 is 2.37 bits per heavy atom. The van der Waals surface area contributed by atoms with Crippen molar-refractivity contribution in [2.45, 2.75) is 46.6 Å². The average Bonchev–Trinajstić information content (AvgIpc) is 2.95. The number of carbonyl (C=O) groups is 2.